The summed E-state index contributed by atoms with van der Waals surface area (Å²) in [6, 6.07) is 20.4. The molecule has 0 saturated heterocycles. The molecule has 4 rings (SSSR count). The molecule has 2 aromatic heterocycles. The van der Waals surface area contributed by atoms with E-state index in [0.29, 0.717) is 13.0 Å². The Bertz CT molecular complexity index is 1000. The van der Waals surface area contributed by atoms with Crippen LogP contribution in [0.25, 0.3) is 21.8 Å². The Labute approximate surface area is 146 Å². The van der Waals surface area contributed by atoms with Crippen molar-refractivity contribution < 1.29 is 9.84 Å². The third kappa shape index (κ3) is 3.08. The van der Waals surface area contributed by atoms with Gasteiger partial charge < -0.3 is 14.4 Å². The number of aryl methyl sites for hydroxylation is 1. The summed E-state index contributed by atoms with van der Waals surface area (Å²) < 4.78 is 8.30. The Morgan fingerprint density at radius 2 is 1.92 bits per heavy atom. The maximum Gasteiger partial charge on any atom is 0.194 e. The van der Waals surface area contributed by atoms with Gasteiger partial charge in [-0.1, -0.05) is 36.4 Å². The lowest BCUT2D eigenvalue weighted by atomic mass is 10.1. The zero-order valence-electron chi connectivity index (χ0n) is 13.9. The second kappa shape index (κ2) is 6.95. The molecule has 0 unspecified atom stereocenters. The van der Waals surface area contributed by atoms with Crippen LogP contribution in [-0.2, 0) is 13.2 Å². The number of benzene rings is 2. The lowest BCUT2D eigenvalue weighted by molar-refractivity contribution is 0.260. The van der Waals surface area contributed by atoms with Crippen LogP contribution in [0, 0.1) is 0 Å². The average Bonchev–Trinajstić information content (AvgIpc) is 3.02. The van der Waals surface area contributed by atoms with Crippen LogP contribution in [0.3, 0.4) is 0 Å². The Hall–Kier alpha value is -2.85. The van der Waals surface area contributed by atoms with Gasteiger partial charge in [-0.3, -0.25) is 4.98 Å². The van der Waals surface area contributed by atoms with E-state index < -0.39 is 0 Å². The number of hydrogen-bond acceptors (Lipinski definition) is 3. The van der Waals surface area contributed by atoms with Gasteiger partial charge in [-0.2, -0.15) is 0 Å². The third-order valence-corrected chi connectivity index (χ3v) is 4.42. The summed E-state index contributed by atoms with van der Waals surface area (Å²) in [5, 5.41) is 11.5. The number of aromatic nitrogens is 2. The molecule has 0 saturated carbocycles. The van der Waals surface area contributed by atoms with Gasteiger partial charge in [0.2, 0.25) is 0 Å². The summed E-state index contributed by atoms with van der Waals surface area (Å²) in [6.07, 6.45) is 2.51. The van der Waals surface area contributed by atoms with Gasteiger partial charge in [-0.05, 0) is 30.2 Å². The molecule has 2 aromatic carbocycles. The first kappa shape index (κ1) is 15.7. The number of hydrogen-bond donors (Lipinski definition) is 1. The zero-order chi connectivity index (χ0) is 17.1. The molecule has 0 spiro atoms. The number of fused-ring (bicyclic) bond motifs is 2. The van der Waals surface area contributed by atoms with Gasteiger partial charge in [-0.25, -0.2) is 0 Å². The Morgan fingerprint density at radius 3 is 2.84 bits per heavy atom. The van der Waals surface area contributed by atoms with E-state index in [0.717, 1.165) is 39.8 Å². The molecule has 4 heteroatoms. The van der Waals surface area contributed by atoms with Crippen molar-refractivity contribution >= 4 is 21.8 Å². The van der Waals surface area contributed by atoms with Gasteiger partial charge in [0.05, 0.1) is 11.0 Å². The Balaban J connectivity index is 1.66. The van der Waals surface area contributed by atoms with E-state index in [9.17, 15) is 5.11 Å². The Morgan fingerprint density at radius 1 is 1.00 bits per heavy atom. The second-order valence-electron chi connectivity index (χ2n) is 6.05. The SMILES string of the molecule is OCCCn1c(OCc2cccc3ncccc23)cc2ccccc21. The summed E-state index contributed by atoms with van der Waals surface area (Å²) in [4.78, 5) is 4.40. The van der Waals surface area contributed by atoms with E-state index in [1.165, 1.54) is 0 Å². The highest BCUT2D eigenvalue weighted by Crippen LogP contribution is 2.27. The molecule has 25 heavy (non-hydrogen) atoms. The largest absolute Gasteiger partial charge is 0.474 e. The van der Waals surface area contributed by atoms with Crippen molar-refractivity contribution in [3.63, 3.8) is 0 Å². The molecule has 2 heterocycles. The number of aliphatic hydroxyl groups excluding tert-OH is 1. The highest BCUT2D eigenvalue weighted by molar-refractivity contribution is 5.83. The molecular formula is C21H20N2O2. The van der Waals surface area contributed by atoms with Gasteiger partial charge in [0.25, 0.3) is 0 Å². The topological polar surface area (TPSA) is 47.3 Å². The molecule has 4 nitrogen and oxygen atoms in total. The first-order valence-electron chi connectivity index (χ1n) is 8.51. The maximum absolute atomic E-state index is 9.19. The van der Waals surface area contributed by atoms with Crippen LogP contribution in [0.1, 0.15) is 12.0 Å². The number of rotatable bonds is 6. The molecule has 0 aliphatic rings. The van der Waals surface area contributed by atoms with Crippen LogP contribution in [0.5, 0.6) is 5.88 Å². The zero-order valence-corrected chi connectivity index (χ0v) is 13.9. The van der Waals surface area contributed by atoms with E-state index in [4.69, 9.17) is 4.74 Å². The van der Waals surface area contributed by atoms with Crippen LogP contribution in [0.15, 0.2) is 66.9 Å². The lowest BCUT2D eigenvalue weighted by Gasteiger charge is -2.12. The quantitative estimate of drug-likeness (QED) is 0.577. The van der Waals surface area contributed by atoms with E-state index >= 15 is 0 Å². The van der Waals surface area contributed by atoms with Crippen LogP contribution >= 0.6 is 0 Å². The van der Waals surface area contributed by atoms with Gasteiger partial charge in [-0.15, -0.1) is 0 Å². The summed E-state index contributed by atoms with van der Waals surface area (Å²) in [6.45, 7) is 1.38. The first-order chi connectivity index (χ1) is 12.4. The molecule has 0 aliphatic carbocycles. The van der Waals surface area contributed by atoms with Crippen molar-refractivity contribution in [2.24, 2.45) is 0 Å². The van der Waals surface area contributed by atoms with E-state index in [2.05, 4.69) is 39.9 Å². The molecule has 0 radical (unpaired) electrons. The normalized spacial score (nSPS) is 11.2. The summed E-state index contributed by atoms with van der Waals surface area (Å²) >= 11 is 0. The monoisotopic (exact) mass is 332 g/mol. The smallest absolute Gasteiger partial charge is 0.194 e. The first-order valence-corrected chi connectivity index (χ1v) is 8.51. The summed E-state index contributed by atoms with van der Waals surface area (Å²) in [7, 11) is 0. The third-order valence-electron chi connectivity index (χ3n) is 4.42. The minimum Gasteiger partial charge on any atom is -0.474 e. The fourth-order valence-corrected chi connectivity index (χ4v) is 3.21. The van der Waals surface area contributed by atoms with Crippen molar-refractivity contribution in [1.29, 1.82) is 0 Å². The molecule has 0 atom stereocenters. The van der Waals surface area contributed by atoms with E-state index in [1.807, 2.05) is 30.3 Å². The van der Waals surface area contributed by atoms with Gasteiger partial charge >= 0.3 is 0 Å². The molecule has 0 bridgehead atoms. The van der Waals surface area contributed by atoms with Gasteiger partial charge in [0.15, 0.2) is 5.88 Å². The summed E-state index contributed by atoms with van der Waals surface area (Å²) in [5.74, 6) is 0.829. The fraction of sp³-hybridized carbons (Fsp3) is 0.190. The molecule has 0 aliphatic heterocycles. The van der Waals surface area contributed by atoms with Gasteiger partial charge in [0, 0.05) is 36.2 Å². The van der Waals surface area contributed by atoms with E-state index in [-0.39, 0.29) is 6.61 Å². The predicted molar refractivity (Wildman–Crippen MR) is 99.7 cm³/mol. The van der Waals surface area contributed by atoms with Crippen molar-refractivity contribution in [2.75, 3.05) is 6.61 Å². The van der Waals surface area contributed by atoms with Crippen molar-refractivity contribution in [3.05, 3.63) is 72.4 Å². The average molecular weight is 332 g/mol. The highest BCUT2D eigenvalue weighted by Gasteiger charge is 2.10. The number of ether oxygens (including phenoxy) is 1. The minimum atomic E-state index is 0.168. The predicted octanol–water partition coefficient (Wildman–Crippen LogP) is 4.15. The van der Waals surface area contributed by atoms with Crippen LogP contribution < -0.4 is 4.74 Å². The number of aliphatic hydroxyl groups is 1. The molecule has 0 amide bonds. The van der Waals surface area contributed by atoms with Gasteiger partial charge in [0.1, 0.15) is 6.61 Å². The van der Waals surface area contributed by atoms with Crippen LogP contribution in [-0.4, -0.2) is 21.3 Å². The second-order valence-corrected chi connectivity index (χ2v) is 6.05. The number of nitrogens with zero attached hydrogens (tertiary/aromatic N) is 2. The molecule has 0 fully saturated rings. The minimum absolute atomic E-state index is 0.168. The standard InChI is InChI=1S/C21H20N2O2/c24-13-5-12-23-20-10-2-1-6-16(20)14-21(23)25-15-17-7-3-9-19-18(17)8-4-11-22-19/h1-4,6-11,14,24H,5,12-13,15H2. The molecular weight excluding hydrogens is 312 g/mol. The summed E-state index contributed by atoms with van der Waals surface area (Å²) in [5.41, 5.74) is 3.22. The maximum atomic E-state index is 9.19. The van der Waals surface area contributed by atoms with Crippen molar-refractivity contribution in [1.82, 2.24) is 9.55 Å². The highest BCUT2D eigenvalue weighted by atomic mass is 16.5. The molecule has 4 aromatic rings. The lowest BCUT2D eigenvalue weighted by Crippen LogP contribution is -2.05. The van der Waals surface area contributed by atoms with E-state index in [1.54, 1.807) is 6.20 Å². The molecule has 126 valence electrons. The van der Waals surface area contributed by atoms with Crippen LogP contribution in [0.4, 0.5) is 0 Å². The number of pyridine rings is 1. The Kier molecular flexibility index (Phi) is 4.36. The van der Waals surface area contributed by atoms with Crippen LogP contribution in [0.2, 0.25) is 0 Å². The van der Waals surface area contributed by atoms with Crippen molar-refractivity contribution in [3.8, 4) is 5.88 Å². The molecule has 1 N–H and O–H groups in total. The number of para-hydroxylation sites is 1. The fourth-order valence-electron chi connectivity index (χ4n) is 3.21. The van der Waals surface area contributed by atoms with Crippen molar-refractivity contribution in [2.45, 2.75) is 19.6 Å².